The van der Waals surface area contributed by atoms with Gasteiger partial charge in [0.2, 0.25) is 6.19 Å². The van der Waals surface area contributed by atoms with E-state index in [4.69, 9.17) is 28.5 Å². The number of halogens is 3. The van der Waals surface area contributed by atoms with Crippen molar-refractivity contribution in [3.05, 3.63) is 68.0 Å². The van der Waals surface area contributed by atoms with Crippen molar-refractivity contribution in [2.45, 2.75) is 26.3 Å². The number of aryl methyl sites for hydroxylation is 1. The fraction of sp³-hybridized carbons (Fsp3) is 0.261. The standard InChI is InChI=1S/C23H22BrCl2N7O2S/c1-13-8-14(25)9-15(21(34)31-23(2,3)11-36(4)29-12-27)19(13)30-22(35)17-10-18(24)32-33(17)20-16(26)6-5-7-28-20/h5-10H,11H2,1-4H3,(H,30,35)(H,31,34). The molecule has 0 radical (unpaired) electrons. The number of rotatable bonds is 7. The Morgan fingerprint density at radius 2 is 2.00 bits per heavy atom. The minimum Gasteiger partial charge on any atom is -0.346 e. The van der Waals surface area contributed by atoms with Gasteiger partial charge in [-0.2, -0.15) is 14.7 Å². The maximum absolute atomic E-state index is 13.4. The molecule has 1 aromatic carbocycles. The van der Waals surface area contributed by atoms with Crippen LogP contribution in [0.15, 0.2) is 45.5 Å². The zero-order valence-corrected chi connectivity index (χ0v) is 23.7. The molecule has 0 bridgehead atoms. The lowest BCUT2D eigenvalue weighted by Crippen LogP contribution is -2.47. The first kappa shape index (κ1) is 27.8. The Kier molecular flexibility index (Phi) is 8.89. The maximum Gasteiger partial charge on any atom is 0.274 e. The molecule has 9 nitrogen and oxygen atoms in total. The third kappa shape index (κ3) is 6.70. The van der Waals surface area contributed by atoms with Gasteiger partial charge in [-0.05, 0) is 72.8 Å². The number of benzene rings is 1. The Bertz CT molecular complexity index is 1420. The summed E-state index contributed by atoms with van der Waals surface area (Å²) in [5, 5.41) is 19.5. The second kappa shape index (κ2) is 11.5. The van der Waals surface area contributed by atoms with Crippen LogP contribution >= 0.6 is 39.1 Å². The number of carbonyl (C=O) groups excluding carboxylic acids is 2. The lowest BCUT2D eigenvalue weighted by Gasteiger charge is -2.27. The number of nitriles is 1. The normalized spacial score (nSPS) is 12.2. The highest BCUT2D eigenvalue weighted by molar-refractivity contribution is 9.10. The molecule has 188 valence electrons. The van der Waals surface area contributed by atoms with Gasteiger partial charge in [0, 0.05) is 28.6 Å². The number of anilines is 1. The minimum atomic E-state index is -0.675. The van der Waals surface area contributed by atoms with Crippen LogP contribution < -0.4 is 10.6 Å². The highest BCUT2D eigenvalue weighted by Gasteiger charge is 2.26. The van der Waals surface area contributed by atoms with E-state index in [1.165, 1.54) is 23.0 Å². The summed E-state index contributed by atoms with van der Waals surface area (Å²) >= 11 is 15.8. The van der Waals surface area contributed by atoms with Gasteiger partial charge in [-0.15, -0.1) is 0 Å². The van der Waals surface area contributed by atoms with Gasteiger partial charge in [-0.3, -0.25) is 9.59 Å². The van der Waals surface area contributed by atoms with Gasteiger partial charge in [0.1, 0.15) is 10.3 Å². The molecule has 0 saturated carbocycles. The van der Waals surface area contributed by atoms with Crippen LogP contribution in [-0.4, -0.2) is 44.1 Å². The molecule has 3 rings (SSSR count). The van der Waals surface area contributed by atoms with E-state index in [9.17, 15) is 9.59 Å². The Morgan fingerprint density at radius 1 is 1.28 bits per heavy atom. The average molecular weight is 611 g/mol. The SMILES string of the molecule is Cc1cc(Cl)cc(C(=O)NC(C)(C)CS(C)=NC#N)c1NC(=O)c1cc(Br)nn1-c1ncccc1Cl. The lowest BCUT2D eigenvalue weighted by atomic mass is 10.0. The number of pyridine rings is 1. The van der Waals surface area contributed by atoms with E-state index in [2.05, 4.69) is 41.0 Å². The van der Waals surface area contributed by atoms with E-state index >= 15 is 0 Å². The molecule has 2 heterocycles. The van der Waals surface area contributed by atoms with Crippen molar-refractivity contribution in [2.24, 2.45) is 4.36 Å². The Balaban J connectivity index is 1.96. The van der Waals surface area contributed by atoms with Crippen molar-refractivity contribution in [2.75, 3.05) is 17.3 Å². The number of carbonyl (C=O) groups is 2. The molecule has 0 fully saturated rings. The fourth-order valence-electron chi connectivity index (χ4n) is 3.51. The van der Waals surface area contributed by atoms with Crippen LogP contribution in [-0.2, 0) is 10.7 Å². The zero-order chi connectivity index (χ0) is 26.6. The zero-order valence-electron chi connectivity index (χ0n) is 19.8. The molecule has 0 saturated heterocycles. The van der Waals surface area contributed by atoms with Crippen LogP contribution in [0.3, 0.4) is 0 Å². The minimum absolute atomic E-state index is 0.150. The quantitative estimate of drug-likeness (QED) is 0.350. The van der Waals surface area contributed by atoms with Gasteiger partial charge in [0.05, 0.1) is 16.3 Å². The van der Waals surface area contributed by atoms with Crippen LogP contribution in [0, 0.1) is 18.4 Å². The second-order valence-corrected chi connectivity index (χ2v) is 11.8. The van der Waals surface area contributed by atoms with Crippen molar-refractivity contribution in [3.63, 3.8) is 0 Å². The van der Waals surface area contributed by atoms with Crippen molar-refractivity contribution < 1.29 is 9.59 Å². The first-order valence-electron chi connectivity index (χ1n) is 10.4. The summed E-state index contributed by atoms with van der Waals surface area (Å²) in [6, 6.07) is 7.97. The fourth-order valence-corrected chi connectivity index (χ4v) is 5.68. The topological polar surface area (TPSA) is 125 Å². The van der Waals surface area contributed by atoms with Gasteiger partial charge < -0.3 is 10.6 Å². The largest absolute Gasteiger partial charge is 0.346 e. The number of nitrogens with zero attached hydrogens (tertiary/aromatic N) is 5. The summed E-state index contributed by atoms with van der Waals surface area (Å²) in [6.07, 6.45) is 5.15. The Hall–Kier alpha value is -2.78. The van der Waals surface area contributed by atoms with Gasteiger partial charge in [0.15, 0.2) is 5.82 Å². The predicted octanol–water partition coefficient (Wildman–Crippen LogP) is 5.32. The summed E-state index contributed by atoms with van der Waals surface area (Å²) in [7, 11) is -0.559. The number of hydrogen-bond acceptors (Lipinski definition) is 6. The van der Waals surface area contributed by atoms with E-state index in [-0.39, 0.29) is 17.1 Å². The van der Waals surface area contributed by atoms with Gasteiger partial charge >= 0.3 is 0 Å². The highest BCUT2D eigenvalue weighted by atomic mass is 79.9. The molecule has 0 aliphatic carbocycles. The Morgan fingerprint density at radius 3 is 2.67 bits per heavy atom. The van der Waals surface area contributed by atoms with E-state index in [1.807, 2.05) is 20.1 Å². The molecule has 0 aliphatic rings. The molecule has 3 aromatic rings. The van der Waals surface area contributed by atoms with Gasteiger partial charge in [-0.25, -0.2) is 9.67 Å². The van der Waals surface area contributed by atoms with Gasteiger partial charge in [-0.1, -0.05) is 33.9 Å². The average Bonchev–Trinajstić information content (AvgIpc) is 3.16. The summed E-state index contributed by atoms with van der Waals surface area (Å²) < 4.78 is 5.55. The summed E-state index contributed by atoms with van der Waals surface area (Å²) in [4.78, 5) is 30.9. The third-order valence-corrected chi connectivity index (χ3v) is 7.29. The van der Waals surface area contributed by atoms with E-state index in [0.717, 1.165) is 0 Å². The van der Waals surface area contributed by atoms with Crippen LogP contribution in [0.25, 0.3) is 5.82 Å². The molecule has 0 aliphatic heterocycles. The molecule has 2 amide bonds. The van der Waals surface area contributed by atoms with Crippen LogP contribution in [0.5, 0.6) is 0 Å². The first-order chi connectivity index (χ1) is 16.9. The first-order valence-corrected chi connectivity index (χ1v) is 13.8. The van der Waals surface area contributed by atoms with Crippen molar-refractivity contribution in [3.8, 4) is 12.0 Å². The number of hydrogen-bond donors (Lipinski definition) is 2. The van der Waals surface area contributed by atoms with Gasteiger partial charge in [0.25, 0.3) is 11.8 Å². The molecular formula is C23H22BrCl2N7O2S. The molecule has 13 heteroatoms. The molecular weight excluding hydrogens is 589 g/mol. The monoisotopic (exact) mass is 609 g/mol. The third-order valence-electron chi connectivity index (χ3n) is 4.85. The predicted molar refractivity (Wildman–Crippen MR) is 146 cm³/mol. The van der Waals surface area contributed by atoms with E-state index in [1.54, 1.807) is 31.3 Å². The molecule has 2 N–H and O–H groups in total. The highest BCUT2D eigenvalue weighted by Crippen LogP contribution is 2.28. The number of nitrogens with one attached hydrogen (secondary N) is 2. The number of aromatic nitrogens is 3. The summed E-state index contributed by atoms with van der Waals surface area (Å²) in [5.74, 6) is -0.222. The van der Waals surface area contributed by atoms with Crippen LogP contribution in [0.2, 0.25) is 10.0 Å². The van der Waals surface area contributed by atoms with Crippen molar-refractivity contribution >= 4 is 67.3 Å². The lowest BCUT2D eigenvalue weighted by molar-refractivity contribution is 0.0921. The van der Waals surface area contributed by atoms with Crippen LogP contribution in [0.4, 0.5) is 5.69 Å². The Labute approximate surface area is 229 Å². The molecule has 1 unspecified atom stereocenters. The number of amides is 2. The van der Waals surface area contributed by atoms with E-state index < -0.39 is 28.0 Å². The molecule has 36 heavy (non-hydrogen) atoms. The van der Waals surface area contributed by atoms with Crippen molar-refractivity contribution in [1.29, 1.82) is 5.26 Å². The molecule has 2 aromatic heterocycles. The second-order valence-electron chi connectivity index (χ2n) is 8.45. The summed E-state index contributed by atoms with van der Waals surface area (Å²) in [5.41, 5.74) is 0.555. The molecule has 0 spiro atoms. The maximum atomic E-state index is 13.4. The van der Waals surface area contributed by atoms with Crippen molar-refractivity contribution in [1.82, 2.24) is 20.1 Å². The molecule has 1 atom stereocenters. The smallest absolute Gasteiger partial charge is 0.274 e. The summed E-state index contributed by atoms with van der Waals surface area (Å²) in [6.45, 7) is 5.41. The van der Waals surface area contributed by atoms with E-state index in [0.29, 0.717) is 31.7 Å². The van der Waals surface area contributed by atoms with Crippen LogP contribution in [0.1, 0.15) is 40.3 Å².